The number of piperazine rings is 1. The molecule has 1 heterocycles. The van der Waals surface area contributed by atoms with E-state index in [0.717, 1.165) is 38.3 Å². The smallest absolute Gasteiger partial charge is 0.209 e. The van der Waals surface area contributed by atoms with Crippen LogP contribution in [0.4, 0.5) is 5.69 Å². The number of carbonyl (C=O) groups excluding carboxylic acids is 1. The van der Waals surface area contributed by atoms with Gasteiger partial charge < -0.3 is 9.80 Å². The lowest BCUT2D eigenvalue weighted by Gasteiger charge is -2.34. The molecular weight excluding hydrogens is 282 g/mol. The zero-order valence-corrected chi connectivity index (χ0v) is 11.4. The van der Waals surface area contributed by atoms with Crippen molar-refractivity contribution in [2.45, 2.75) is 0 Å². The Labute approximate surface area is 117 Å². The second kappa shape index (κ2) is 6.34. The highest BCUT2D eigenvalue weighted by molar-refractivity contribution is 6.35. The lowest BCUT2D eigenvalue weighted by molar-refractivity contribution is -0.118. The van der Waals surface area contributed by atoms with Gasteiger partial charge in [-0.3, -0.25) is 4.79 Å². The largest absolute Gasteiger partial charge is 0.367 e. The fourth-order valence-corrected chi connectivity index (χ4v) is 2.20. The molecular formula is C11H13Cl3N2O. The molecule has 1 saturated heterocycles. The van der Waals surface area contributed by atoms with E-state index < -0.39 is 0 Å². The average molecular weight is 296 g/mol. The second-order valence-electron chi connectivity index (χ2n) is 3.72. The maximum Gasteiger partial charge on any atom is 0.209 e. The van der Waals surface area contributed by atoms with Crippen LogP contribution in [0, 0.1) is 0 Å². The Morgan fingerprint density at radius 2 is 1.76 bits per heavy atom. The first-order valence-corrected chi connectivity index (χ1v) is 5.85. The molecule has 1 aromatic rings. The van der Waals surface area contributed by atoms with Crippen LogP contribution in [0.3, 0.4) is 0 Å². The third kappa shape index (κ3) is 3.41. The van der Waals surface area contributed by atoms with Crippen LogP contribution in [0.5, 0.6) is 0 Å². The van der Waals surface area contributed by atoms with Crippen LogP contribution in [0.2, 0.25) is 10.0 Å². The summed E-state index contributed by atoms with van der Waals surface area (Å²) >= 11 is 12.1. The van der Waals surface area contributed by atoms with Crippen LogP contribution in [-0.2, 0) is 4.79 Å². The molecule has 0 saturated carbocycles. The van der Waals surface area contributed by atoms with Crippen molar-refractivity contribution in [3.05, 3.63) is 28.2 Å². The number of rotatable bonds is 2. The highest BCUT2D eigenvalue weighted by Crippen LogP contribution is 2.29. The van der Waals surface area contributed by atoms with Crippen molar-refractivity contribution in [1.82, 2.24) is 4.90 Å². The van der Waals surface area contributed by atoms with Crippen LogP contribution in [0.1, 0.15) is 0 Å². The molecule has 3 nitrogen and oxygen atoms in total. The van der Waals surface area contributed by atoms with Crippen molar-refractivity contribution >= 4 is 47.7 Å². The minimum atomic E-state index is 0. The minimum absolute atomic E-state index is 0. The summed E-state index contributed by atoms with van der Waals surface area (Å²) in [4.78, 5) is 14.5. The Morgan fingerprint density at radius 3 is 2.35 bits per heavy atom. The summed E-state index contributed by atoms with van der Waals surface area (Å²) in [6.07, 6.45) is 0.886. The quantitative estimate of drug-likeness (QED) is 0.783. The summed E-state index contributed by atoms with van der Waals surface area (Å²) in [6, 6.07) is 5.43. The van der Waals surface area contributed by atoms with Gasteiger partial charge in [-0.25, -0.2) is 0 Å². The van der Waals surface area contributed by atoms with Gasteiger partial charge in [-0.1, -0.05) is 23.2 Å². The van der Waals surface area contributed by atoms with E-state index in [9.17, 15) is 4.79 Å². The number of halogens is 3. The van der Waals surface area contributed by atoms with Crippen molar-refractivity contribution in [2.24, 2.45) is 0 Å². The van der Waals surface area contributed by atoms with Gasteiger partial charge in [-0.2, -0.15) is 0 Å². The SMILES string of the molecule is Cl.O=CN1CCN(c2cc(Cl)ccc2Cl)CC1. The predicted octanol–water partition coefficient (Wildman–Crippen LogP) is 2.69. The summed E-state index contributed by atoms with van der Waals surface area (Å²) in [5.41, 5.74) is 0.944. The third-order valence-corrected chi connectivity index (χ3v) is 3.27. The van der Waals surface area contributed by atoms with Crippen molar-refractivity contribution in [2.75, 3.05) is 31.1 Å². The fourth-order valence-electron chi connectivity index (χ4n) is 1.80. The Hall–Kier alpha value is -0.640. The number of benzene rings is 1. The van der Waals surface area contributed by atoms with Crippen molar-refractivity contribution in [1.29, 1.82) is 0 Å². The van der Waals surface area contributed by atoms with Gasteiger partial charge in [0.1, 0.15) is 0 Å². The van der Waals surface area contributed by atoms with E-state index in [2.05, 4.69) is 4.90 Å². The van der Waals surface area contributed by atoms with Gasteiger partial charge in [0.25, 0.3) is 0 Å². The first-order chi connectivity index (χ1) is 7.70. The molecule has 1 amide bonds. The van der Waals surface area contributed by atoms with Gasteiger partial charge in [0.15, 0.2) is 0 Å². The topological polar surface area (TPSA) is 23.6 Å². The van der Waals surface area contributed by atoms with Gasteiger partial charge in [-0.15, -0.1) is 12.4 Å². The molecule has 0 bridgehead atoms. The molecule has 94 valence electrons. The monoisotopic (exact) mass is 294 g/mol. The summed E-state index contributed by atoms with van der Waals surface area (Å²) in [5.74, 6) is 0. The van der Waals surface area contributed by atoms with Crippen molar-refractivity contribution in [3.63, 3.8) is 0 Å². The molecule has 0 radical (unpaired) electrons. The molecule has 2 rings (SSSR count). The standard InChI is InChI=1S/C11H12Cl2N2O.ClH/c12-9-1-2-10(13)11(7-9)15-5-3-14(8-16)4-6-15;/h1-2,7-8H,3-6H2;1H. The molecule has 0 unspecified atom stereocenters. The molecule has 17 heavy (non-hydrogen) atoms. The Bertz CT molecular complexity index is 392. The Morgan fingerprint density at radius 1 is 1.12 bits per heavy atom. The molecule has 1 aliphatic heterocycles. The molecule has 1 fully saturated rings. The average Bonchev–Trinajstić information content (AvgIpc) is 2.32. The van der Waals surface area contributed by atoms with Gasteiger partial charge in [0.05, 0.1) is 10.7 Å². The summed E-state index contributed by atoms with van der Waals surface area (Å²) in [5, 5.41) is 1.38. The van der Waals surface area contributed by atoms with Gasteiger partial charge in [0.2, 0.25) is 6.41 Å². The van der Waals surface area contributed by atoms with Crippen LogP contribution >= 0.6 is 35.6 Å². The maximum atomic E-state index is 10.6. The van der Waals surface area contributed by atoms with E-state index >= 15 is 0 Å². The van der Waals surface area contributed by atoms with Gasteiger partial charge in [0, 0.05) is 31.2 Å². The Kier molecular flexibility index (Phi) is 5.37. The lowest BCUT2D eigenvalue weighted by Crippen LogP contribution is -2.45. The normalized spacial score (nSPS) is 15.4. The van der Waals surface area contributed by atoms with E-state index in [4.69, 9.17) is 23.2 Å². The van der Waals surface area contributed by atoms with Crippen LogP contribution in [0.15, 0.2) is 18.2 Å². The van der Waals surface area contributed by atoms with Crippen molar-refractivity contribution < 1.29 is 4.79 Å². The molecule has 1 aromatic carbocycles. The predicted molar refractivity (Wildman–Crippen MR) is 73.6 cm³/mol. The van der Waals surface area contributed by atoms with E-state index in [-0.39, 0.29) is 12.4 Å². The lowest BCUT2D eigenvalue weighted by atomic mass is 10.2. The third-order valence-electron chi connectivity index (χ3n) is 2.71. The highest BCUT2D eigenvalue weighted by atomic mass is 35.5. The number of amides is 1. The number of anilines is 1. The number of carbonyl (C=O) groups is 1. The maximum absolute atomic E-state index is 10.6. The first-order valence-electron chi connectivity index (χ1n) is 5.10. The van der Waals surface area contributed by atoms with Gasteiger partial charge in [-0.05, 0) is 18.2 Å². The summed E-state index contributed by atoms with van der Waals surface area (Å²) in [7, 11) is 0. The molecule has 0 aromatic heterocycles. The van der Waals surface area contributed by atoms with Crippen LogP contribution < -0.4 is 4.90 Å². The summed E-state index contributed by atoms with van der Waals surface area (Å²) in [6.45, 7) is 3.04. The second-order valence-corrected chi connectivity index (χ2v) is 4.57. The Balaban J connectivity index is 0.00000144. The zero-order valence-electron chi connectivity index (χ0n) is 9.10. The minimum Gasteiger partial charge on any atom is -0.367 e. The number of hydrogen-bond donors (Lipinski definition) is 0. The molecule has 0 aliphatic carbocycles. The van der Waals surface area contributed by atoms with Crippen molar-refractivity contribution in [3.8, 4) is 0 Å². The van der Waals surface area contributed by atoms with E-state index in [1.54, 1.807) is 17.0 Å². The fraction of sp³-hybridized carbons (Fsp3) is 0.364. The molecule has 0 N–H and O–H groups in total. The zero-order chi connectivity index (χ0) is 11.5. The molecule has 6 heteroatoms. The highest BCUT2D eigenvalue weighted by Gasteiger charge is 2.17. The summed E-state index contributed by atoms with van der Waals surface area (Å²) < 4.78 is 0. The van der Waals surface area contributed by atoms with E-state index in [0.29, 0.717) is 10.0 Å². The van der Waals surface area contributed by atoms with Crippen LogP contribution in [-0.4, -0.2) is 37.5 Å². The molecule has 0 spiro atoms. The number of hydrogen-bond acceptors (Lipinski definition) is 2. The van der Waals surface area contributed by atoms with Crippen LogP contribution in [0.25, 0.3) is 0 Å². The van der Waals surface area contributed by atoms with Gasteiger partial charge >= 0.3 is 0 Å². The van der Waals surface area contributed by atoms with E-state index in [1.807, 2.05) is 6.07 Å². The molecule has 0 atom stereocenters. The molecule has 1 aliphatic rings. The van der Waals surface area contributed by atoms with E-state index in [1.165, 1.54) is 0 Å². The number of nitrogens with zero attached hydrogens (tertiary/aromatic N) is 2. The first kappa shape index (κ1) is 14.4.